The van der Waals surface area contributed by atoms with Crippen LogP contribution >= 0.6 is 0 Å². The van der Waals surface area contributed by atoms with Gasteiger partial charge in [0.15, 0.2) is 0 Å². The lowest BCUT2D eigenvalue weighted by Gasteiger charge is -2.28. The molecule has 0 bridgehead atoms. The highest BCUT2D eigenvalue weighted by atomic mass is 14.9. The summed E-state index contributed by atoms with van der Waals surface area (Å²) in [4.78, 5) is 0. The molecule has 1 N–H and O–H groups in total. The number of likely N-dealkylation sites (N-methyl/N-ethyl adjacent to an activating group) is 1. The molecule has 2 aromatic carbocycles. The molecule has 0 aliphatic rings. The molecule has 0 radical (unpaired) electrons. The first-order valence-corrected chi connectivity index (χ1v) is 7.57. The molecule has 1 unspecified atom stereocenters. The van der Waals surface area contributed by atoms with Gasteiger partial charge in [0.1, 0.15) is 0 Å². The van der Waals surface area contributed by atoms with E-state index in [1.54, 1.807) is 0 Å². The average Bonchev–Trinajstić information content (AvgIpc) is 2.56. The van der Waals surface area contributed by atoms with Gasteiger partial charge in [-0.25, -0.2) is 0 Å². The Morgan fingerprint density at radius 3 is 1.90 bits per heavy atom. The summed E-state index contributed by atoms with van der Waals surface area (Å²) in [5.41, 5.74) is 2.70. The van der Waals surface area contributed by atoms with Gasteiger partial charge in [-0.3, -0.25) is 0 Å². The zero-order valence-electron chi connectivity index (χ0n) is 12.6. The van der Waals surface area contributed by atoms with Crippen LogP contribution in [0, 0.1) is 12.3 Å². The highest BCUT2D eigenvalue weighted by Crippen LogP contribution is 2.30. The van der Waals surface area contributed by atoms with Gasteiger partial charge in [-0.1, -0.05) is 60.7 Å². The van der Waals surface area contributed by atoms with Gasteiger partial charge in [-0.05, 0) is 31.0 Å². The lowest BCUT2D eigenvalue weighted by atomic mass is 9.83. The van der Waals surface area contributed by atoms with E-state index in [4.69, 9.17) is 6.42 Å². The van der Waals surface area contributed by atoms with Crippen molar-refractivity contribution in [1.29, 1.82) is 0 Å². The summed E-state index contributed by atoms with van der Waals surface area (Å²) in [6.07, 6.45) is 8.36. The summed E-state index contributed by atoms with van der Waals surface area (Å²) in [5, 5.41) is 3.49. The van der Waals surface area contributed by atoms with Crippen LogP contribution < -0.4 is 5.32 Å². The Bertz CT molecular complexity index is 514. The van der Waals surface area contributed by atoms with Gasteiger partial charge in [-0.2, -0.15) is 0 Å². The molecule has 1 nitrogen and oxygen atoms in total. The number of rotatable bonds is 7. The van der Waals surface area contributed by atoms with Crippen molar-refractivity contribution in [3.8, 4) is 12.3 Å². The fraction of sp³-hybridized carbons (Fsp3) is 0.300. The molecule has 0 aliphatic heterocycles. The van der Waals surface area contributed by atoms with E-state index in [1.165, 1.54) is 11.1 Å². The standard InChI is InChI=1S/C20H23N/c1-3-4-7-16-19(21-2)20(17-12-8-5-9-13-17)18-14-10-6-11-15-18/h1,5-6,8-15,19-21H,4,7,16H2,2H3. The molecule has 0 aliphatic carbocycles. The van der Waals surface area contributed by atoms with Crippen molar-refractivity contribution < 1.29 is 0 Å². The number of nitrogens with one attached hydrogen (secondary N) is 1. The molecular formula is C20H23N. The van der Waals surface area contributed by atoms with E-state index >= 15 is 0 Å². The minimum absolute atomic E-state index is 0.357. The van der Waals surface area contributed by atoms with Crippen LogP contribution in [0.5, 0.6) is 0 Å². The monoisotopic (exact) mass is 277 g/mol. The van der Waals surface area contributed by atoms with Crippen molar-refractivity contribution in [3.05, 3.63) is 71.8 Å². The lowest BCUT2D eigenvalue weighted by Crippen LogP contribution is -2.32. The maximum absolute atomic E-state index is 5.38. The second kappa shape index (κ2) is 8.29. The minimum Gasteiger partial charge on any atom is -0.316 e. The number of benzene rings is 2. The van der Waals surface area contributed by atoms with Crippen LogP contribution in [0.25, 0.3) is 0 Å². The SMILES string of the molecule is C#CCCCC(NC)C(c1ccccc1)c1ccccc1. The Labute approximate surface area is 128 Å². The second-order valence-corrected chi connectivity index (χ2v) is 5.29. The summed E-state index contributed by atoms with van der Waals surface area (Å²) < 4.78 is 0. The largest absolute Gasteiger partial charge is 0.316 e. The Kier molecular flexibility index (Phi) is 6.06. The molecular weight excluding hydrogens is 254 g/mol. The Hall–Kier alpha value is -2.04. The second-order valence-electron chi connectivity index (χ2n) is 5.29. The van der Waals surface area contributed by atoms with Gasteiger partial charge >= 0.3 is 0 Å². The van der Waals surface area contributed by atoms with Crippen LogP contribution in [0.4, 0.5) is 0 Å². The third-order valence-corrected chi connectivity index (χ3v) is 3.93. The van der Waals surface area contributed by atoms with Crippen LogP contribution in [0.2, 0.25) is 0 Å². The normalized spacial score (nSPS) is 12.0. The highest BCUT2D eigenvalue weighted by molar-refractivity contribution is 5.34. The summed E-state index contributed by atoms with van der Waals surface area (Å²) >= 11 is 0. The van der Waals surface area contributed by atoms with Crippen LogP contribution in [-0.2, 0) is 0 Å². The van der Waals surface area contributed by atoms with E-state index < -0.39 is 0 Å². The zero-order chi connectivity index (χ0) is 14.9. The smallest absolute Gasteiger partial charge is 0.0243 e. The molecule has 21 heavy (non-hydrogen) atoms. The van der Waals surface area contributed by atoms with Crippen molar-refractivity contribution in [1.82, 2.24) is 5.32 Å². The zero-order valence-corrected chi connectivity index (χ0v) is 12.6. The van der Waals surface area contributed by atoms with Crippen molar-refractivity contribution >= 4 is 0 Å². The number of hydrogen-bond donors (Lipinski definition) is 1. The Morgan fingerprint density at radius 2 is 1.48 bits per heavy atom. The number of unbranched alkanes of at least 4 members (excludes halogenated alkanes) is 1. The molecule has 2 aromatic rings. The molecule has 108 valence electrons. The first-order chi connectivity index (χ1) is 10.4. The van der Waals surface area contributed by atoms with E-state index in [-0.39, 0.29) is 0 Å². The van der Waals surface area contributed by atoms with Gasteiger partial charge in [0.25, 0.3) is 0 Å². The van der Waals surface area contributed by atoms with Gasteiger partial charge < -0.3 is 5.32 Å². The third kappa shape index (κ3) is 4.21. The maximum Gasteiger partial charge on any atom is 0.0243 e. The van der Waals surface area contributed by atoms with E-state index in [1.807, 2.05) is 7.05 Å². The lowest BCUT2D eigenvalue weighted by molar-refractivity contribution is 0.462. The van der Waals surface area contributed by atoms with Gasteiger partial charge in [0.05, 0.1) is 0 Å². The van der Waals surface area contributed by atoms with Crippen LogP contribution in [0.3, 0.4) is 0 Å². The third-order valence-electron chi connectivity index (χ3n) is 3.93. The molecule has 2 rings (SSSR count). The van der Waals surface area contributed by atoms with Crippen LogP contribution in [0.15, 0.2) is 60.7 Å². The number of hydrogen-bond acceptors (Lipinski definition) is 1. The van der Waals surface area contributed by atoms with E-state index in [0.29, 0.717) is 12.0 Å². The fourth-order valence-corrected chi connectivity index (χ4v) is 2.88. The van der Waals surface area contributed by atoms with Crippen molar-refractivity contribution in [2.75, 3.05) is 7.05 Å². The van der Waals surface area contributed by atoms with Gasteiger partial charge in [0, 0.05) is 18.4 Å². The highest BCUT2D eigenvalue weighted by Gasteiger charge is 2.22. The molecule has 0 amide bonds. The molecule has 0 saturated carbocycles. The predicted molar refractivity (Wildman–Crippen MR) is 90.3 cm³/mol. The van der Waals surface area contributed by atoms with Crippen LogP contribution in [-0.4, -0.2) is 13.1 Å². The van der Waals surface area contributed by atoms with Crippen molar-refractivity contribution in [2.24, 2.45) is 0 Å². The molecule has 0 fully saturated rings. The predicted octanol–water partition coefficient (Wildman–Crippen LogP) is 4.21. The van der Waals surface area contributed by atoms with Crippen molar-refractivity contribution in [2.45, 2.75) is 31.2 Å². The van der Waals surface area contributed by atoms with Gasteiger partial charge in [-0.15, -0.1) is 12.3 Å². The fourth-order valence-electron chi connectivity index (χ4n) is 2.88. The molecule has 0 aromatic heterocycles. The summed E-state index contributed by atoms with van der Waals surface area (Å²) in [7, 11) is 2.04. The Morgan fingerprint density at radius 1 is 0.952 bits per heavy atom. The molecule has 1 atom stereocenters. The Balaban J connectivity index is 2.29. The van der Waals surface area contributed by atoms with Gasteiger partial charge in [0.2, 0.25) is 0 Å². The van der Waals surface area contributed by atoms with Crippen LogP contribution in [0.1, 0.15) is 36.3 Å². The molecule has 0 saturated heterocycles. The summed E-state index contributed by atoms with van der Waals surface area (Å²) in [6.45, 7) is 0. The van der Waals surface area contributed by atoms with E-state index in [2.05, 4.69) is 71.9 Å². The van der Waals surface area contributed by atoms with Crippen molar-refractivity contribution in [3.63, 3.8) is 0 Å². The topological polar surface area (TPSA) is 12.0 Å². The summed E-state index contributed by atoms with van der Waals surface area (Å²) in [6, 6.07) is 21.8. The first kappa shape index (κ1) is 15.4. The minimum atomic E-state index is 0.357. The molecule has 0 spiro atoms. The molecule has 1 heteroatoms. The van der Waals surface area contributed by atoms with E-state index in [9.17, 15) is 0 Å². The van der Waals surface area contributed by atoms with E-state index in [0.717, 1.165) is 19.3 Å². The summed E-state index contributed by atoms with van der Waals surface area (Å²) in [5.74, 6) is 3.09. The average molecular weight is 277 g/mol. The first-order valence-electron chi connectivity index (χ1n) is 7.57. The number of terminal acetylenes is 1. The quantitative estimate of drug-likeness (QED) is 0.590. The maximum atomic E-state index is 5.38. The molecule has 0 heterocycles.